The van der Waals surface area contributed by atoms with Crippen LogP contribution < -0.4 is 5.32 Å². The molecule has 2 rings (SSSR count). The van der Waals surface area contributed by atoms with Crippen molar-refractivity contribution in [3.05, 3.63) is 54.2 Å². The minimum atomic E-state index is 0.389. The van der Waals surface area contributed by atoms with Crippen molar-refractivity contribution in [3.8, 4) is 0 Å². The Hall–Kier alpha value is 0.0900. The van der Waals surface area contributed by atoms with Crippen LogP contribution in [0.5, 0.6) is 0 Å². The van der Waals surface area contributed by atoms with Crippen LogP contribution in [0.1, 0.15) is 23.4 Å². The summed E-state index contributed by atoms with van der Waals surface area (Å²) in [7, 11) is 0. The Balaban J connectivity index is 2.20. The van der Waals surface area contributed by atoms with Crippen molar-refractivity contribution in [2.45, 2.75) is 19.4 Å². The highest BCUT2D eigenvalue weighted by atomic mass is 127. The molecule has 0 aliphatic rings. The second kappa shape index (κ2) is 7.03. The van der Waals surface area contributed by atoms with Crippen LogP contribution in [-0.4, -0.2) is 6.54 Å². The summed E-state index contributed by atoms with van der Waals surface area (Å²) in [5.74, 6) is 0. The zero-order chi connectivity index (χ0) is 13.0. The Morgan fingerprint density at radius 1 is 1.39 bits per heavy atom. The molecule has 96 valence electrons. The van der Waals surface area contributed by atoms with Gasteiger partial charge in [-0.2, -0.15) is 0 Å². The molecule has 0 saturated heterocycles. The van der Waals surface area contributed by atoms with Gasteiger partial charge in [-0.15, -0.1) is 11.3 Å². The molecule has 1 N–H and O–H groups in total. The van der Waals surface area contributed by atoms with E-state index in [0.29, 0.717) is 6.04 Å². The lowest BCUT2D eigenvalue weighted by molar-refractivity contribution is 0.552. The van der Waals surface area contributed by atoms with Gasteiger partial charge < -0.3 is 5.32 Å². The predicted molar refractivity (Wildman–Crippen MR) is 91.3 cm³/mol. The number of rotatable bonds is 5. The number of thiophene rings is 1. The molecule has 0 fully saturated rings. The molecule has 1 heterocycles. The Bertz CT molecular complexity index is 512. The number of nitrogens with one attached hydrogen (secondary N) is 1. The molecule has 0 saturated carbocycles. The minimum absolute atomic E-state index is 0.389. The van der Waals surface area contributed by atoms with Crippen molar-refractivity contribution in [1.29, 1.82) is 0 Å². The maximum atomic E-state index is 3.61. The summed E-state index contributed by atoms with van der Waals surface area (Å²) in [6.45, 7) is 3.14. The third-order valence-electron chi connectivity index (χ3n) is 2.78. The fourth-order valence-corrected chi connectivity index (χ4v) is 4.06. The molecule has 1 unspecified atom stereocenters. The maximum absolute atomic E-state index is 3.61. The SMILES string of the molecule is CCNC(Cc1sccc1Br)c1cccc(I)c1. The highest BCUT2D eigenvalue weighted by Gasteiger charge is 2.13. The fraction of sp³-hybridized carbons (Fsp3) is 0.286. The van der Waals surface area contributed by atoms with Crippen LogP contribution in [-0.2, 0) is 6.42 Å². The normalized spacial score (nSPS) is 12.6. The highest BCUT2D eigenvalue weighted by molar-refractivity contribution is 14.1. The molecular weight excluding hydrogens is 421 g/mol. The van der Waals surface area contributed by atoms with Gasteiger partial charge in [0.05, 0.1) is 0 Å². The average Bonchev–Trinajstić information content (AvgIpc) is 2.74. The number of hydrogen-bond donors (Lipinski definition) is 1. The first-order chi connectivity index (χ1) is 8.70. The Labute approximate surface area is 134 Å². The quantitative estimate of drug-likeness (QED) is 0.651. The summed E-state index contributed by atoms with van der Waals surface area (Å²) in [5, 5.41) is 5.71. The molecule has 0 spiro atoms. The summed E-state index contributed by atoms with van der Waals surface area (Å²) >= 11 is 7.80. The molecule has 2 aromatic rings. The van der Waals surface area contributed by atoms with Gasteiger partial charge in [-0.1, -0.05) is 19.1 Å². The molecule has 1 aromatic heterocycles. The summed E-state index contributed by atoms with van der Waals surface area (Å²) < 4.78 is 2.51. The van der Waals surface area contributed by atoms with Crippen LogP contribution >= 0.6 is 49.9 Å². The second-order valence-corrected chi connectivity index (χ2v) is 7.16. The van der Waals surface area contributed by atoms with Crippen LogP contribution in [0.15, 0.2) is 40.2 Å². The van der Waals surface area contributed by atoms with Crippen molar-refractivity contribution in [2.24, 2.45) is 0 Å². The number of halogens is 2. The molecule has 0 aliphatic carbocycles. The molecule has 0 bridgehead atoms. The number of benzene rings is 1. The standard InChI is InChI=1S/C14H15BrINS/c1-2-17-13(9-14-12(15)6-7-18-14)10-4-3-5-11(16)8-10/h3-8,13,17H,2,9H2,1H3. The van der Waals surface area contributed by atoms with E-state index in [9.17, 15) is 0 Å². The lowest BCUT2D eigenvalue weighted by atomic mass is 10.0. The van der Waals surface area contributed by atoms with E-state index in [1.165, 1.54) is 18.5 Å². The lowest BCUT2D eigenvalue weighted by Crippen LogP contribution is -2.22. The molecule has 4 heteroatoms. The topological polar surface area (TPSA) is 12.0 Å². The monoisotopic (exact) mass is 435 g/mol. The molecule has 0 aliphatic heterocycles. The molecule has 18 heavy (non-hydrogen) atoms. The molecule has 0 radical (unpaired) electrons. The Morgan fingerprint density at radius 3 is 2.83 bits per heavy atom. The molecular formula is C14H15BrINS. The van der Waals surface area contributed by atoms with Crippen molar-refractivity contribution in [1.82, 2.24) is 5.32 Å². The van der Waals surface area contributed by atoms with Gasteiger partial charge in [0, 0.05) is 25.4 Å². The van der Waals surface area contributed by atoms with E-state index < -0.39 is 0 Å². The fourth-order valence-electron chi connectivity index (χ4n) is 1.93. The summed E-state index contributed by atoms with van der Waals surface area (Å²) in [6, 6.07) is 11.2. The first-order valence-corrected chi connectivity index (χ1v) is 8.66. The van der Waals surface area contributed by atoms with Crippen LogP contribution in [0.25, 0.3) is 0 Å². The first kappa shape index (κ1) is 14.5. The summed E-state index contributed by atoms with van der Waals surface area (Å²) in [4.78, 5) is 1.40. The van der Waals surface area contributed by atoms with Crippen molar-refractivity contribution in [3.63, 3.8) is 0 Å². The van der Waals surface area contributed by atoms with Crippen molar-refractivity contribution < 1.29 is 0 Å². The summed E-state index contributed by atoms with van der Waals surface area (Å²) in [6.07, 6.45) is 1.03. The second-order valence-electron chi connectivity index (χ2n) is 4.06. The predicted octanol–water partition coefficient (Wildman–Crippen LogP) is 5.01. The van der Waals surface area contributed by atoms with E-state index in [2.05, 4.69) is 86.5 Å². The van der Waals surface area contributed by atoms with Crippen LogP contribution in [0.4, 0.5) is 0 Å². The van der Waals surface area contributed by atoms with E-state index >= 15 is 0 Å². The summed E-state index contributed by atoms with van der Waals surface area (Å²) in [5.41, 5.74) is 1.36. The van der Waals surface area contributed by atoms with Crippen molar-refractivity contribution >= 4 is 49.9 Å². The van der Waals surface area contributed by atoms with E-state index in [4.69, 9.17) is 0 Å². The third-order valence-corrected chi connectivity index (χ3v) is 5.40. The minimum Gasteiger partial charge on any atom is -0.310 e. The van der Waals surface area contributed by atoms with Gasteiger partial charge >= 0.3 is 0 Å². The van der Waals surface area contributed by atoms with E-state index in [1.54, 1.807) is 0 Å². The van der Waals surface area contributed by atoms with Crippen LogP contribution in [0, 0.1) is 3.57 Å². The maximum Gasteiger partial charge on any atom is 0.0369 e. The van der Waals surface area contributed by atoms with Gasteiger partial charge in [-0.3, -0.25) is 0 Å². The average molecular weight is 436 g/mol. The smallest absolute Gasteiger partial charge is 0.0369 e. The van der Waals surface area contributed by atoms with Gasteiger partial charge in [0.25, 0.3) is 0 Å². The van der Waals surface area contributed by atoms with E-state index in [1.807, 2.05) is 11.3 Å². The zero-order valence-corrected chi connectivity index (χ0v) is 14.7. The Kier molecular flexibility index (Phi) is 5.66. The van der Waals surface area contributed by atoms with Crippen molar-refractivity contribution in [2.75, 3.05) is 6.54 Å². The Morgan fingerprint density at radius 2 is 2.22 bits per heavy atom. The lowest BCUT2D eigenvalue weighted by Gasteiger charge is -2.18. The van der Waals surface area contributed by atoms with Crippen LogP contribution in [0.3, 0.4) is 0 Å². The van der Waals surface area contributed by atoms with Gasteiger partial charge in [0.1, 0.15) is 0 Å². The number of hydrogen-bond acceptors (Lipinski definition) is 2. The molecule has 1 aromatic carbocycles. The molecule has 0 amide bonds. The van der Waals surface area contributed by atoms with E-state index in [0.717, 1.165) is 13.0 Å². The number of likely N-dealkylation sites (N-methyl/N-ethyl adjacent to an activating group) is 1. The third kappa shape index (κ3) is 3.79. The van der Waals surface area contributed by atoms with E-state index in [-0.39, 0.29) is 0 Å². The molecule has 1 nitrogen and oxygen atoms in total. The first-order valence-electron chi connectivity index (χ1n) is 5.91. The van der Waals surface area contributed by atoms with Gasteiger partial charge in [0.2, 0.25) is 0 Å². The van der Waals surface area contributed by atoms with Gasteiger partial charge in [0.15, 0.2) is 0 Å². The van der Waals surface area contributed by atoms with Gasteiger partial charge in [-0.05, 0) is 74.2 Å². The highest BCUT2D eigenvalue weighted by Crippen LogP contribution is 2.28. The molecule has 1 atom stereocenters. The largest absolute Gasteiger partial charge is 0.310 e. The van der Waals surface area contributed by atoms with Crippen LogP contribution in [0.2, 0.25) is 0 Å². The zero-order valence-electron chi connectivity index (χ0n) is 10.1. The van der Waals surface area contributed by atoms with Gasteiger partial charge in [-0.25, -0.2) is 0 Å².